The summed E-state index contributed by atoms with van der Waals surface area (Å²) >= 11 is 0. The minimum atomic E-state index is -0.344. The SMILES string of the molecule is CCOC(=O)CC.N=C(c1ccc(F)cc1)c1c(O)ccc2ccccc12. The second-order valence-electron chi connectivity index (χ2n) is 5.72. The van der Waals surface area contributed by atoms with Crippen LogP contribution in [0.3, 0.4) is 0 Å². The number of hydrogen-bond acceptors (Lipinski definition) is 4. The van der Waals surface area contributed by atoms with Gasteiger partial charge in [0, 0.05) is 17.5 Å². The molecule has 0 bridgehead atoms. The molecule has 0 spiro atoms. The number of hydrogen-bond donors (Lipinski definition) is 2. The van der Waals surface area contributed by atoms with E-state index >= 15 is 0 Å². The number of nitrogens with one attached hydrogen (secondary N) is 1. The summed E-state index contributed by atoms with van der Waals surface area (Å²) in [5.74, 6) is -0.413. The van der Waals surface area contributed by atoms with E-state index < -0.39 is 0 Å². The van der Waals surface area contributed by atoms with Gasteiger partial charge in [-0.3, -0.25) is 10.2 Å². The number of aromatic hydroxyl groups is 1. The molecule has 0 unspecified atom stereocenters. The number of ether oxygens (including phenoxy) is 1. The maximum absolute atomic E-state index is 13.0. The first kappa shape index (κ1) is 20.1. The summed E-state index contributed by atoms with van der Waals surface area (Å²) in [5, 5.41) is 20.1. The lowest BCUT2D eigenvalue weighted by Crippen LogP contribution is -2.03. The zero-order valence-corrected chi connectivity index (χ0v) is 15.3. The number of phenolic OH excluding ortho intramolecular Hbond substituents is 1. The predicted octanol–water partition coefficient (Wildman–Crippen LogP) is 5.06. The lowest BCUT2D eigenvalue weighted by molar-refractivity contribution is -0.142. The molecule has 0 aliphatic heterocycles. The van der Waals surface area contributed by atoms with Crippen molar-refractivity contribution in [2.45, 2.75) is 20.3 Å². The molecule has 0 aliphatic rings. The van der Waals surface area contributed by atoms with Crippen molar-refractivity contribution in [1.29, 1.82) is 5.41 Å². The van der Waals surface area contributed by atoms with Crippen LogP contribution in [0.15, 0.2) is 60.7 Å². The first-order chi connectivity index (χ1) is 13.0. The fourth-order valence-corrected chi connectivity index (χ4v) is 2.55. The summed E-state index contributed by atoms with van der Waals surface area (Å²) in [5.41, 5.74) is 1.21. The molecule has 27 heavy (non-hydrogen) atoms. The molecule has 3 rings (SSSR count). The Labute approximate surface area is 157 Å². The summed E-state index contributed by atoms with van der Waals surface area (Å²) in [6, 6.07) is 16.7. The monoisotopic (exact) mass is 367 g/mol. The Balaban J connectivity index is 0.000000321. The molecule has 0 atom stereocenters. The number of halogens is 1. The third-order valence-electron chi connectivity index (χ3n) is 3.88. The predicted molar refractivity (Wildman–Crippen MR) is 105 cm³/mol. The fraction of sp³-hybridized carbons (Fsp3) is 0.182. The van der Waals surface area contributed by atoms with Crippen molar-refractivity contribution in [2.75, 3.05) is 6.61 Å². The second kappa shape index (κ2) is 9.48. The quantitative estimate of drug-likeness (QED) is 0.500. The molecule has 4 nitrogen and oxygen atoms in total. The van der Waals surface area contributed by atoms with Gasteiger partial charge >= 0.3 is 5.97 Å². The molecular formula is C22H22FNO3. The summed E-state index contributed by atoms with van der Waals surface area (Å²) in [4.78, 5) is 10.2. The van der Waals surface area contributed by atoms with Crippen LogP contribution >= 0.6 is 0 Å². The largest absolute Gasteiger partial charge is 0.507 e. The highest BCUT2D eigenvalue weighted by atomic mass is 19.1. The number of carbonyl (C=O) groups is 1. The lowest BCUT2D eigenvalue weighted by Gasteiger charge is -2.10. The Morgan fingerprint density at radius 2 is 1.70 bits per heavy atom. The molecule has 0 aromatic heterocycles. The maximum Gasteiger partial charge on any atom is 0.305 e. The average molecular weight is 367 g/mol. The van der Waals surface area contributed by atoms with E-state index in [9.17, 15) is 14.3 Å². The number of phenols is 1. The van der Waals surface area contributed by atoms with Gasteiger partial charge in [0.25, 0.3) is 0 Å². The van der Waals surface area contributed by atoms with Crippen LogP contribution in [-0.4, -0.2) is 23.4 Å². The summed E-state index contributed by atoms with van der Waals surface area (Å²) in [7, 11) is 0. The zero-order valence-electron chi connectivity index (χ0n) is 15.3. The first-order valence-corrected chi connectivity index (χ1v) is 8.69. The van der Waals surface area contributed by atoms with Crippen LogP contribution in [0.5, 0.6) is 5.75 Å². The molecular weight excluding hydrogens is 345 g/mol. The van der Waals surface area contributed by atoms with Gasteiger partial charge in [0.05, 0.1) is 12.3 Å². The van der Waals surface area contributed by atoms with Gasteiger partial charge in [-0.1, -0.05) is 37.3 Å². The van der Waals surface area contributed by atoms with E-state index in [2.05, 4.69) is 4.74 Å². The highest BCUT2D eigenvalue weighted by Gasteiger charge is 2.13. The third kappa shape index (κ3) is 5.14. The minimum absolute atomic E-state index is 0.0537. The van der Waals surface area contributed by atoms with Gasteiger partial charge in [0.15, 0.2) is 0 Å². The number of esters is 1. The molecule has 140 valence electrons. The van der Waals surface area contributed by atoms with Crippen LogP contribution in [0.25, 0.3) is 10.8 Å². The molecule has 0 aliphatic carbocycles. The van der Waals surface area contributed by atoms with Gasteiger partial charge in [-0.2, -0.15) is 0 Å². The molecule has 0 amide bonds. The molecule has 3 aromatic rings. The summed E-state index contributed by atoms with van der Waals surface area (Å²) < 4.78 is 17.5. The van der Waals surface area contributed by atoms with Crippen molar-refractivity contribution in [3.05, 3.63) is 77.6 Å². The maximum atomic E-state index is 13.0. The minimum Gasteiger partial charge on any atom is -0.507 e. The molecule has 3 aromatic carbocycles. The number of carbonyl (C=O) groups excluding carboxylic acids is 1. The van der Waals surface area contributed by atoms with E-state index in [0.717, 1.165) is 10.8 Å². The molecule has 0 saturated heterocycles. The first-order valence-electron chi connectivity index (χ1n) is 8.69. The van der Waals surface area contributed by atoms with Crippen molar-refractivity contribution in [3.8, 4) is 5.75 Å². The van der Waals surface area contributed by atoms with Crippen LogP contribution in [-0.2, 0) is 9.53 Å². The summed E-state index contributed by atoms with van der Waals surface area (Å²) in [6.07, 6.45) is 0.480. The molecule has 0 heterocycles. The van der Waals surface area contributed by atoms with Crippen LogP contribution in [0.1, 0.15) is 31.4 Å². The van der Waals surface area contributed by atoms with Gasteiger partial charge in [-0.15, -0.1) is 0 Å². The van der Waals surface area contributed by atoms with E-state index in [1.54, 1.807) is 32.0 Å². The van der Waals surface area contributed by atoms with Gasteiger partial charge in [0.1, 0.15) is 11.6 Å². The highest BCUT2D eigenvalue weighted by molar-refractivity contribution is 6.19. The van der Waals surface area contributed by atoms with Crippen molar-refractivity contribution in [3.63, 3.8) is 0 Å². The summed E-state index contributed by atoms with van der Waals surface area (Å²) in [6.45, 7) is 4.07. The van der Waals surface area contributed by atoms with Crippen LogP contribution < -0.4 is 0 Å². The Kier molecular flexibility index (Phi) is 7.06. The number of benzene rings is 3. The number of rotatable bonds is 4. The average Bonchev–Trinajstić information content (AvgIpc) is 2.68. The standard InChI is InChI=1S/C17H12FNO.C5H10O2/c18-13-8-5-12(6-9-13)17(19)16-14-4-2-1-3-11(14)7-10-15(16)20;1-3-5(6)7-4-2/h1-10,19-20H;3-4H2,1-2H3. The Hall–Kier alpha value is -3.21. The van der Waals surface area contributed by atoms with Crippen molar-refractivity contribution in [1.82, 2.24) is 0 Å². The van der Waals surface area contributed by atoms with E-state index in [1.807, 2.05) is 30.3 Å². The zero-order chi connectivity index (χ0) is 19.8. The van der Waals surface area contributed by atoms with E-state index in [4.69, 9.17) is 5.41 Å². The smallest absolute Gasteiger partial charge is 0.305 e. The molecule has 2 N–H and O–H groups in total. The van der Waals surface area contributed by atoms with E-state index in [1.165, 1.54) is 12.1 Å². The van der Waals surface area contributed by atoms with E-state index in [0.29, 0.717) is 24.2 Å². The Morgan fingerprint density at radius 3 is 2.30 bits per heavy atom. The van der Waals surface area contributed by atoms with Crippen LogP contribution in [0.2, 0.25) is 0 Å². The third-order valence-corrected chi connectivity index (χ3v) is 3.88. The van der Waals surface area contributed by atoms with Gasteiger partial charge in [-0.25, -0.2) is 4.39 Å². The Bertz CT molecular complexity index is 936. The molecule has 0 radical (unpaired) electrons. The van der Waals surface area contributed by atoms with Gasteiger partial charge in [-0.05, 0) is 48.0 Å². The van der Waals surface area contributed by atoms with Crippen molar-refractivity contribution < 1.29 is 19.0 Å². The van der Waals surface area contributed by atoms with E-state index in [-0.39, 0.29) is 23.2 Å². The lowest BCUT2D eigenvalue weighted by atomic mass is 9.95. The molecule has 5 heteroatoms. The second-order valence-corrected chi connectivity index (χ2v) is 5.72. The molecule has 0 saturated carbocycles. The topological polar surface area (TPSA) is 70.4 Å². The number of fused-ring (bicyclic) bond motifs is 1. The van der Waals surface area contributed by atoms with Crippen molar-refractivity contribution in [2.24, 2.45) is 0 Å². The normalized spacial score (nSPS) is 10.0. The van der Waals surface area contributed by atoms with Crippen molar-refractivity contribution >= 4 is 22.5 Å². The highest BCUT2D eigenvalue weighted by Crippen LogP contribution is 2.29. The van der Waals surface area contributed by atoms with Gasteiger partial charge < -0.3 is 9.84 Å². The van der Waals surface area contributed by atoms with Crippen LogP contribution in [0, 0.1) is 11.2 Å². The molecule has 0 fully saturated rings. The van der Waals surface area contributed by atoms with Gasteiger partial charge in [0.2, 0.25) is 0 Å². The fourth-order valence-electron chi connectivity index (χ4n) is 2.55. The van der Waals surface area contributed by atoms with Crippen LogP contribution in [0.4, 0.5) is 4.39 Å². The Morgan fingerprint density at radius 1 is 1.04 bits per heavy atom.